The van der Waals surface area contributed by atoms with Gasteiger partial charge < -0.3 is 15.2 Å². The highest BCUT2D eigenvalue weighted by Gasteiger charge is 2.16. The third-order valence-corrected chi connectivity index (χ3v) is 4.64. The Morgan fingerprint density at radius 1 is 1.48 bits per heavy atom. The van der Waals surface area contributed by atoms with Gasteiger partial charge in [-0.3, -0.25) is 4.79 Å². The van der Waals surface area contributed by atoms with Crippen LogP contribution in [0.5, 0.6) is 11.5 Å². The minimum Gasteiger partial charge on any atom is -0.503 e. The van der Waals surface area contributed by atoms with Crippen molar-refractivity contribution in [1.82, 2.24) is 5.32 Å². The van der Waals surface area contributed by atoms with E-state index in [9.17, 15) is 9.90 Å². The molecule has 0 bridgehead atoms. The van der Waals surface area contributed by atoms with Crippen LogP contribution in [-0.4, -0.2) is 24.2 Å². The van der Waals surface area contributed by atoms with Gasteiger partial charge in [0.05, 0.1) is 11.6 Å². The van der Waals surface area contributed by atoms with Crippen LogP contribution in [0, 0.1) is 11.3 Å². The Morgan fingerprint density at radius 2 is 2.10 bits per heavy atom. The number of rotatable bonds is 4. The maximum absolute atomic E-state index is 11.9. The number of halogens is 2. The first kappa shape index (κ1) is 17.5. The van der Waals surface area contributed by atoms with Crippen LogP contribution in [0.1, 0.15) is 19.4 Å². The molecule has 0 atom stereocenters. The normalized spacial score (nSPS) is 11.2. The van der Waals surface area contributed by atoms with Crippen LogP contribution in [0.25, 0.3) is 6.08 Å². The molecule has 5 nitrogen and oxygen atoms in total. The summed E-state index contributed by atoms with van der Waals surface area (Å²) in [5, 5.41) is 21.6. The van der Waals surface area contributed by atoms with E-state index in [1.165, 1.54) is 19.3 Å². The van der Waals surface area contributed by atoms with Crippen LogP contribution in [0.4, 0.5) is 0 Å². The molecule has 0 heterocycles. The fourth-order valence-corrected chi connectivity index (χ4v) is 2.36. The molecular formula is C14H14Br2N2O3. The van der Waals surface area contributed by atoms with Crippen molar-refractivity contribution in [2.75, 3.05) is 7.11 Å². The lowest BCUT2D eigenvalue weighted by molar-refractivity contribution is -0.117. The average molecular weight is 418 g/mol. The summed E-state index contributed by atoms with van der Waals surface area (Å²) in [5.74, 6) is -0.285. The van der Waals surface area contributed by atoms with Gasteiger partial charge in [0.1, 0.15) is 11.6 Å². The summed E-state index contributed by atoms with van der Waals surface area (Å²) in [7, 11) is 1.42. The fraction of sp³-hybridized carbons (Fsp3) is 0.286. The minimum absolute atomic E-state index is 0.0379. The number of carbonyl (C=O) groups excluding carboxylic acids is 1. The fourth-order valence-electron chi connectivity index (χ4n) is 1.52. The van der Waals surface area contributed by atoms with Gasteiger partial charge in [-0.2, -0.15) is 5.26 Å². The van der Waals surface area contributed by atoms with Crippen LogP contribution in [0.2, 0.25) is 0 Å². The summed E-state index contributed by atoms with van der Waals surface area (Å²) in [6, 6.07) is 3.33. The molecule has 1 rings (SSSR count). The molecule has 1 amide bonds. The van der Waals surface area contributed by atoms with Crippen LogP contribution < -0.4 is 10.1 Å². The lowest BCUT2D eigenvalue weighted by Crippen LogP contribution is -2.30. The summed E-state index contributed by atoms with van der Waals surface area (Å²) in [6.07, 6.45) is 1.43. The molecule has 0 saturated heterocycles. The molecule has 112 valence electrons. The molecule has 0 aromatic heterocycles. The number of carbonyl (C=O) groups is 1. The number of nitriles is 1. The number of ether oxygens (including phenoxy) is 1. The third kappa shape index (κ3) is 4.22. The van der Waals surface area contributed by atoms with Crippen molar-refractivity contribution in [3.8, 4) is 17.6 Å². The van der Waals surface area contributed by atoms with Crippen molar-refractivity contribution in [2.45, 2.75) is 19.9 Å². The molecular weight excluding hydrogens is 404 g/mol. The van der Waals surface area contributed by atoms with Gasteiger partial charge in [-0.1, -0.05) is 0 Å². The van der Waals surface area contributed by atoms with Crippen LogP contribution in [0.15, 0.2) is 20.6 Å². The molecule has 0 saturated carbocycles. The van der Waals surface area contributed by atoms with Crippen LogP contribution in [-0.2, 0) is 4.79 Å². The summed E-state index contributed by atoms with van der Waals surface area (Å²) in [6.45, 7) is 3.62. The highest BCUT2D eigenvalue weighted by atomic mass is 79.9. The van der Waals surface area contributed by atoms with E-state index in [2.05, 4.69) is 37.2 Å². The molecule has 0 aliphatic rings. The number of phenols is 1. The number of hydrogen-bond donors (Lipinski definition) is 2. The predicted molar refractivity (Wildman–Crippen MR) is 86.9 cm³/mol. The summed E-state index contributed by atoms with van der Waals surface area (Å²) in [4.78, 5) is 11.9. The van der Waals surface area contributed by atoms with Gasteiger partial charge in [0, 0.05) is 10.5 Å². The number of aromatic hydroxyl groups is 1. The number of nitrogens with one attached hydrogen (secondary N) is 1. The van der Waals surface area contributed by atoms with Gasteiger partial charge in [-0.25, -0.2) is 0 Å². The quantitative estimate of drug-likeness (QED) is 0.581. The molecule has 0 fully saturated rings. The molecule has 1 aromatic carbocycles. The Bertz CT molecular complexity index is 634. The lowest BCUT2D eigenvalue weighted by Gasteiger charge is -2.11. The number of hydrogen-bond acceptors (Lipinski definition) is 4. The van der Waals surface area contributed by atoms with E-state index >= 15 is 0 Å². The monoisotopic (exact) mass is 416 g/mol. The Kier molecular flexibility index (Phi) is 6.24. The second-order valence-corrected chi connectivity index (χ2v) is 6.03. The van der Waals surface area contributed by atoms with E-state index in [-0.39, 0.29) is 23.1 Å². The van der Waals surface area contributed by atoms with Crippen molar-refractivity contribution in [2.24, 2.45) is 0 Å². The summed E-state index contributed by atoms with van der Waals surface area (Å²) in [5.41, 5.74) is 0.496. The Labute approximate surface area is 139 Å². The smallest absolute Gasteiger partial charge is 0.262 e. The SMILES string of the molecule is COc1cc(/C=C(/C#N)C(=O)NC(C)C)c(Br)c(Br)c1O. The zero-order chi connectivity index (χ0) is 16.2. The van der Waals surface area contributed by atoms with Gasteiger partial charge >= 0.3 is 0 Å². The average Bonchev–Trinajstić information content (AvgIpc) is 2.43. The van der Waals surface area contributed by atoms with E-state index < -0.39 is 5.91 Å². The minimum atomic E-state index is -0.456. The number of methoxy groups -OCH3 is 1. The van der Waals surface area contributed by atoms with Crippen molar-refractivity contribution in [1.29, 1.82) is 5.26 Å². The number of phenolic OH excluding ortho intramolecular Hbond substituents is 1. The second-order valence-electron chi connectivity index (χ2n) is 4.44. The van der Waals surface area contributed by atoms with Crippen LogP contribution >= 0.6 is 31.9 Å². The van der Waals surface area contributed by atoms with Gasteiger partial charge in [-0.15, -0.1) is 0 Å². The zero-order valence-electron chi connectivity index (χ0n) is 11.7. The van der Waals surface area contributed by atoms with Gasteiger partial charge in [0.2, 0.25) is 0 Å². The number of amides is 1. The van der Waals surface area contributed by atoms with Crippen molar-refractivity contribution in [3.63, 3.8) is 0 Å². The van der Waals surface area contributed by atoms with E-state index in [0.717, 1.165) is 0 Å². The number of benzene rings is 1. The van der Waals surface area contributed by atoms with Gasteiger partial charge in [-0.05, 0) is 63.4 Å². The zero-order valence-corrected chi connectivity index (χ0v) is 14.9. The first-order valence-corrected chi connectivity index (χ1v) is 7.58. The molecule has 0 aliphatic heterocycles. The second kappa shape index (κ2) is 7.48. The van der Waals surface area contributed by atoms with Crippen LogP contribution in [0.3, 0.4) is 0 Å². The largest absolute Gasteiger partial charge is 0.503 e. The molecule has 1 aromatic rings. The molecule has 0 unspecified atom stereocenters. The van der Waals surface area contributed by atoms with E-state index in [0.29, 0.717) is 14.5 Å². The molecule has 21 heavy (non-hydrogen) atoms. The van der Waals surface area contributed by atoms with Gasteiger partial charge in [0.25, 0.3) is 5.91 Å². The third-order valence-electron chi connectivity index (χ3n) is 2.48. The molecule has 0 aliphatic carbocycles. The maximum atomic E-state index is 11.9. The lowest BCUT2D eigenvalue weighted by atomic mass is 10.1. The first-order valence-electron chi connectivity index (χ1n) is 5.99. The highest BCUT2D eigenvalue weighted by molar-refractivity contribution is 9.13. The van der Waals surface area contributed by atoms with Crippen molar-refractivity contribution >= 4 is 43.8 Å². The molecule has 2 N–H and O–H groups in total. The van der Waals surface area contributed by atoms with Gasteiger partial charge in [0.15, 0.2) is 11.5 Å². The highest BCUT2D eigenvalue weighted by Crippen LogP contribution is 2.42. The van der Waals surface area contributed by atoms with Crippen molar-refractivity contribution < 1.29 is 14.6 Å². The maximum Gasteiger partial charge on any atom is 0.262 e. The predicted octanol–water partition coefficient (Wildman–Crippen LogP) is 3.36. The topological polar surface area (TPSA) is 82.3 Å². The van der Waals surface area contributed by atoms with E-state index in [1.807, 2.05) is 19.9 Å². The summed E-state index contributed by atoms with van der Waals surface area (Å²) < 4.78 is 5.95. The van der Waals surface area contributed by atoms with Crippen molar-refractivity contribution in [3.05, 3.63) is 26.1 Å². The molecule has 7 heteroatoms. The summed E-state index contributed by atoms with van der Waals surface area (Å²) >= 11 is 6.53. The van der Waals surface area contributed by atoms with E-state index in [4.69, 9.17) is 10.00 Å². The molecule has 0 radical (unpaired) electrons. The Balaban J connectivity index is 3.33. The Hall–Kier alpha value is -1.52. The molecule has 0 spiro atoms. The first-order chi connectivity index (χ1) is 9.81. The Morgan fingerprint density at radius 3 is 2.57 bits per heavy atom. The number of nitrogens with zero attached hydrogens (tertiary/aromatic N) is 1. The van der Waals surface area contributed by atoms with E-state index in [1.54, 1.807) is 0 Å². The standard InChI is InChI=1S/C14H14Br2N2O3/c1-7(2)18-14(20)9(6-17)4-8-5-10(21-3)13(19)12(16)11(8)15/h4-5,7,19H,1-3H3,(H,18,20)/b9-4-.